The highest BCUT2D eigenvalue weighted by atomic mass is 15.1. The zero-order valence-corrected chi connectivity index (χ0v) is 15.1. The molecule has 0 saturated heterocycles. The summed E-state index contributed by atoms with van der Waals surface area (Å²) in [6.45, 7) is 8.59. The molecule has 3 rings (SSSR count). The van der Waals surface area contributed by atoms with Crippen LogP contribution in [0.1, 0.15) is 57.1 Å². The highest BCUT2D eigenvalue weighted by Gasteiger charge is 2.43. The van der Waals surface area contributed by atoms with Gasteiger partial charge in [-0.15, -0.1) is 0 Å². The minimum Gasteiger partial charge on any atom is -0.309 e. The number of nitrogens with zero attached hydrogens (tertiary/aromatic N) is 1. The van der Waals surface area contributed by atoms with E-state index < -0.39 is 0 Å². The van der Waals surface area contributed by atoms with Gasteiger partial charge < -0.3 is 4.90 Å². The molecule has 1 nitrogen and oxygen atoms in total. The van der Waals surface area contributed by atoms with Crippen molar-refractivity contribution in [2.75, 3.05) is 20.6 Å². The quantitative estimate of drug-likeness (QED) is 0.745. The maximum Gasteiger partial charge on any atom is 0.000653 e. The molecule has 0 aromatic heterocycles. The van der Waals surface area contributed by atoms with Gasteiger partial charge in [-0.3, -0.25) is 0 Å². The van der Waals surface area contributed by atoms with Gasteiger partial charge in [0, 0.05) is 6.54 Å². The van der Waals surface area contributed by atoms with Gasteiger partial charge in [-0.05, 0) is 80.0 Å². The molecule has 1 fully saturated rings. The normalized spacial score (nSPS) is 31.7. The number of benzene rings is 1. The molecule has 0 aliphatic heterocycles. The summed E-state index contributed by atoms with van der Waals surface area (Å²) >= 11 is 0. The summed E-state index contributed by atoms with van der Waals surface area (Å²) < 4.78 is 0. The van der Waals surface area contributed by atoms with Crippen molar-refractivity contribution in [2.45, 2.75) is 52.4 Å². The fourth-order valence-corrected chi connectivity index (χ4v) is 5.07. The molecular weight excluding hydrogens is 266 g/mol. The van der Waals surface area contributed by atoms with E-state index in [-0.39, 0.29) is 0 Å². The lowest BCUT2D eigenvalue weighted by Crippen LogP contribution is -2.42. The second kappa shape index (κ2) is 6.00. The second-order valence-electron chi connectivity index (χ2n) is 9.06. The Hall–Kier alpha value is -0.820. The Labute approximate surface area is 137 Å². The van der Waals surface area contributed by atoms with Crippen LogP contribution in [0.3, 0.4) is 0 Å². The first-order valence-electron chi connectivity index (χ1n) is 9.09. The van der Waals surface area contributed by atoms with E-state index in [1.807, 2.05) is 0 Å². The van der Waals surface area contributed by atoms with Crippen LogP contribution in [0.2, 0.25) is 0 Å². The first-order valence-corrected chi connectivity index (χ1v) is 9.09. The van der Waals surface area contributed by atoms with Gasteiger partial charge in [0.2, 0.25) is 0 Å². The monoisotopic (exact) mass is 299 g/mol. The molecule has 2 aliphatic rings. The molecule has 0 N–H and O–H groups in total. The Morgan fingerprint density at radius 3 is 2.50 bits per heavy atom. The molecule has 0 heterocycles. The molecule has 1 aromatic carbocycles. The molecule has 1 aromatic rings. The topological polar surface area (TPSA) is 3.24 Å². The average molecular weight is 300 g/mol. The summed E-state index contributed by atoms with van der Waals surface area (Å²) in [7, 11) is 4.49. The van der Waals surface area contributed by atoms with Crippen molar-refractivity contribution in [3.63, 3.8) is 0 Å². The van der Waals surface area contributed by atoms with Crippen molar-refractivity contribution in [1.82, 2.24) is 4.90 Å². The zero-order chi connectivity index (χ0) is 15.9. The molecule has 1 heteroatoms. The predicted octanol–water partition coefficient (Wildman–Crippen LogP) is 4.97. The van der Waals surface area contributed by atoms with E-state index in [1.165, 1.54) is 32.2 Å². The molecular formula is C21H33N. The Balaban J connectivity index is 1.93. The Morgan fingerprint density at radius 2 is 1.82 bits per heavy atom. The molecule has 2 aliphatic carbocycles. The molecule has 0 radical (unpaired) electrons. The first-order chi connectivity index (χ1) is 10.4. The summed E-state index contributed by atoms with van der Waals surface area (Å²) in [6.07, 6.45) is 5.51. The van der Waals surface area contributed by atoms with Crippen molar-refractivity contribution in [2.24, 2.45) is 23.2 Å². The van der Waals surface area contributed by atoms with E-state index in [1.54, 1.807) is 11.1 Å². The summed E-state index contributed by atoms with van der Waals surface area (Å²) in [5.74, 6) is 3.42. The van der Waals surface area contributed by atoms with Gasteiger partial charge in [0.25, 0.3) is 0 Å². The van der Waals surface area contributed by atoms with Gasteiger partial charge in [-0.1, -0.05) is 45.0 Å². The fraction of sp³-hybridized carbons (Fsp3) is 0.714. The van der Waals surface area contributed by atoms with Gasteiger partial charge in [-0.25, -0.2) is 0 Å². The zero-order valence-electron chi connectivity index (χ0n) is 15.1. The van der Waals surface area contributed by atoms with Crippen LogP contribution in [0.15, 0.2) is 24.3 Å². The molecule has 1 saturated carbocycles. The van der Waals surface area contributed by atoms with E-state index in [0.29, 0.717) is 5.41 Å². The molecule has 4 unspecified atom stereocenters. The maximum absolute atomic E-state index is 2.44. The van der Waals surface area contributed by atoms with Crippen molar-refractivity contribution >= 4 is 0 Å². The van der Waals surface area contributed by atoms with E-state index in [2.05, 4.69) is 64.0 Å². The Morgan fingerprint density at radius 1 is 1.09 bits per heavy atom. The lowest BCUT2D eigenvalue weighted by Gasteiger charge is -2.49. The van der Waals surface area contributed by atoms with Crippen LogP contribution in [-0.4, -0.2) is 25.5 Å². The number of rotatable bonds is 2. The standard InChI is InChI=1S/C21H33N/c1-21(2,3)17-12-16(14-22(4)5)19-11-10-15-8-6-7-9-18(15)20(19)13-17/h6-9,16-17,19-20H,10-14H2,1-5H3. The highest BCUT2D eigenvalue weighted by molar-refractivity contribution is 5.34. The SMILES string of the molecule is CN(C)CC1CC(C(C)(C)C)CC2c3ccccc3CCC12. The van der Waals surface area contributed by atoms with Crippen LogP contribution >= 0.6 is 0 Å². The minimum atomic E-state index is 0.432. The molecule has 22 heavy (non-hydrogen) atoms. The van der Waals surface area contributed by atoms with E-state index in [9.17, 15) is 0 Å². The molecule has 122 valence electrons. The van der Waals surface area contributed by atoms with Crippen molar-refractivity contribution in [1.29, 1.82) is 0 Å². The summed E-state index contributed by atoms with van der Waals surface area (Å²) in [5.41, 5.74) is 3.74. The minimum absolute atomic E-state index is 0.432. The third-order valence-corrected chi connectivity index (χ3v) is 6.27. The fourth-order valence-electron chi connectivity index (χ4n) is 5.07. The third-order valence-electron chi connectivity index (χ3n) is 6.27. The van der Waals surface area contributed by atoms with Gasteiger partial charge in [0.1, 0.15) is 0 Å². The molecule has 0 spiro atoms. The van der Waals surface area contributed by atoms with Crippen LogP contribution in [0.25, 0.3) is 0 Å². The van der Waals surface area contributed by atoms with Crippen molar-refractivity contribution < 1.29 is 0 Å². The van der Waals surface area contributed by atoms with Crippen LogP contribution < -0.4 is 0 Å². The van der Waals surface area contributed by atoms with Gasteiger partial charge in [0.15, 0.2) is 0 Å². The average Bonchev–Trinajstić information content (AvgIpc) is 2.45. The van der Waals surface area contributed by atoms with E-state index in [0.717, 1.165) is 23.7 Å². The smallest absolute Gasteiger partial charge is 0.000653 e. The second-order valence-corrected chi connectivity index (χ2v) is 9.06. The number of hydrogen-bond acceptors (Lipinski definition) is 1. The van der Waals surface area contributed by atoms with Crippen LogP contribution in [0, 0.1) is 23.2 Å². The van der Waals surface area contributed by atoms with Gasteiger partial charge in [-0.2, -0.15) is 0 Å². The van der Waals surface area contributed by atoms with E-state index in [4.69, 9.17) is 0 Å². The van der Waals surface area contributed by atoms with Crippen molar-refractivity contribution in [3.8, 4) is 0 Å². The summed E-state index contributed by atoms with van der Waals surface area (Å²) in [6, 6.07) is 9.26. The molecule has 4 atom stereocenters. The molecule has 0 bridgehead atoms. The molecule has 0 amide bonds. The van der Waals surface area contributed by atoms with Gasteiger partial charge >= 0.3 is 0 Å². The van der Waals surface area contributed by atoms with Crippen LogP contribution in [0.5, 0.6) is 0 Å². The predicted molar refractivity (Wildman–Crippen MR) is 95.2 cm³/mol. The Bertz CT molecular complexity index is 511. The van der Waals surface area contributed by atoms with Crippen molar-refractivity contribution in [3.05, 3.63) is 35.4 Å². The maximum atomic E-state index is 2.44. The lowest BCUT2D eigenvalue weighted by molar-refractivity contribution is 0.0556. The summed E-state index contributed by atoms with van der Waals surface area (Å²) in [5, 5.41) is 0. The van der Waals surface area contributed by atoms with E-state index >= 15 is 0 Å². The lowest BCUT2D eigenvalue weighted by atomic mass is 9.56. The van der Waals surface area contributed by atoms with Crippen LogP contribution in [-0.2, 0) is 6.42 Å². The van der Waals surface area contributed by atoms with Crippen LogP contribution in [0.4, 0.5) is 0 Å². The third kappa shape index (κ3) is 3.11. The summed E-state index contributed by atoms with van der Waals surface area (Å²) in [4.78, 5) is 2.41. The number of hydrogen-bond donors (Lipinski definition) is 0. The highest BCUT2D eigenvalue weighted by Crippen LogP contribution is 2.53. The first kappa shape index (κ1) is 16.1. The van der Waals surface area contributed by atoms with Gasteiger partial charge in [0.05, 0.1) is 0 Å². The number of aryl methyl sites for hydroxylation is 1. The number of fused-ring (bicyclic) bond motifs is 3. The largest absolute Gasteiger partial charge is 0.309 e. The Kier molecular flexibility index (Phi) is 4.38.